The van der Waals surface area contributed by atoms with E-state index in [1.165, 1.54) is 4.90 Å². The van der Waals surface area contributed by atoms with E-state index < -0.39 is 6.04 Å². The van der Waals surface area contributed by atoms with Gasteiger partial charge in [0.2, 0.25) is 11.8 Å². The average Bonchev–Trinajstić information content (AvgIpc) is 2.76. The van der Waals surface area contributed by atoms with Crippen molar-refractivity contribution in [2.24, 2.45) is 11.8 Å². The number of carbonyl (C=O) groups is 4. The summed E-state index contributed by atoms with van der Waals surface area (Å²) in [6.07, 6.45) is 1.41. The first-order valence-electron chi connectivity index (χ1n) is 11.2. The Morgan fingerprint density at radius 2 is 1.97 bits per heavy atom. The lowest BCUT2D eigenvalue weighted by Crippen LogP contribution is -2.53. The minimum atomic E-state index is -0.755. The smallest absolute Gasteiger partial charge is 0.310 e. The molecule has 8 heteroatoms. The molecule has 1 saturated heterocycles. The maximum Gasteiger partial charge on any atom is 0.310 e. The Labute approximate surface area is 190 Å². The third-order valence-corrected chi connectivity index (χ3v) is 5.64. The fourth-order valence-electron chi connectivity index (χ4n) is 3.80. The highest BCUT2D eigenvalue weighted by Crippen LogP contribution is 2.18. The summed E-state index contributed by atoms with van der Waals surface area (Å²) in [5, 5.41) is 2.81. The molecule has 1 heterocycles. The first-order valence-corrected chi connectivity index (χ1v) is 11.2. The van der Waals surface area contributed by atoms with Crippen molar-refractivity contribution < 1.29 is 23.9 Å². The van der Waals surface area contributed by atoms with Crippen molar-refractivity contribution in [3.8, 4) is 0 Å². The molecule has 0 aromatic heterocycles. The number of ether oxygens (including phenoxy) is 1. The summed E-state index contributed by atoms with van der Waals surface area (Å²) in [5.41, 5.74) is 1.44. The van der Waals surface area contributed by atoms with Crippen LogP contribution in [0, 0.1) is 18.8 Å². The second-order valence-corrected chi connectivity index (χ2v) is 8.69. The zero-order chi connectivity index (χ0) is 23.8. The van der Waals surface area contributed by atoms with Crippen LogP contribution in [0.1, 0.15) is 49.5 Å². The molecule has 1 aliphatic heterocycles. The SMILES string of the molecule is CCOC(=O)C1CCCN(C(=O)CN(C)C(=O)C(NC(=O)c2cccc(C)c2)C(C)C)C1. The van der Waals surface area contributed by atoms with Gasteiger partial charge in [-0.05, 0) is 44.7 Å². The Balaban J connectivity index is 1.99. The molecule has 2 unspecified atom stereocenters. The molecule has 0 aliphatic carbocycles. The van der Waals surface area contributed by atoms with Gasteiger partial charge in [-0.15, -0.1) is 0 Å². The largest absolute Gasteiger partial charge is 0.466 e. The molecule has 0 radical (unpaired) electrons. The predicted octanol–water partition coefficient (Wildman–Crippen LogP) is 2.01. The van der Waals surface area contributed by atoms with E-state index in [4.69, 9.17) is 4.74 Å². The second kappa shape index (κ2) is 11.6. The molecule has 8 nitrogen and oxygen atoms in total. The Bertz CT molecular complexity index is 839. The van der Waals surface area contributed by atoms with Crippen LogP contribution in [-0.4, -0.2) is 72.8 Å². The van der Waals surface area contributed by atoms with E-state index in [2.05, 4.69) is 5.32 Å². The van der Waals surface area contributed by atoms with E-state index >= 15 is 0 Å². The van der Waals surface area contributed by atoms with Crippen molar-refractivity contribution in [2.75, 3.05) is 33.3 Å². The lowest BCUT2D eigenvalue weighted by atomic mass is 9.98. The van der Waals surface area contributed by atoms with Gasteiger partial charge in [-0.25, -0.2) is 0 Å². The van der Waals surface area contributed by atoms with Gasteiger partial charge in [-0.1, -0.05) is 31.5 Å². The van der Waals surface area contributed by atoms with Crippen molar-refractivity contribution in [3.63, 3.8) is 0 Å². The fraction of sp³-hybridized carbons (Fsp3) is 0.583. The van der Waals surface area contributed by atoms with Gasteiger partial charge >= 0.3 is 5.97 Å². The molecule has 32 heavy (non-hydrogen) atoms. The van der Waals surface area contributed by atoms with Crippen molar-refractivity contribution in [3.05, 3.63) is 35.4 Å². The molecule has 0 bridgehead atoms. The number of aryl methyl sites for hydroxylation is 1. The summed E-state index contributed by atoms with van der Waals surface area (Å²) < 4.78 is 5.09. The van der Waals surface area contributed by atoms with Crippen LogP contribution in [0.2, 0.25) is 0 Å². The number of nitrogens with zero attached hydrogens (tertiary/aromatic N) is 2. The molecule has 1 aromatic rings. The number of piperidine rings is 1. The number of esters is 1. The van der Waals surface area contributed by atoms with Crippen LogP contribution in [-0.2, 0) is 19.1 Å². The molecular formula is C24H35N3O5. The lowest BCUT2D eigenvalue weighted by molar-refractivity contribution is -0.152. The van der Waals surface area contributed by atoms with Gasteiger partial charge in [0, 0.05) is 25.7 Å². The second-order valence-electron chi connectivity index (χ2n) is 8.69. The number of rotatable bonds is 8. The number of hydrogen-bond donors (Lipinski definition) is 1. The Morgan fingerprint density at radius 3 is 2.59 bits per heavy atom. The average molecular weight is 446 g/mol. The van der Waals surface area contributed by atoms with E-state index in [0.29, 0.717) is 38.1 Å². The van der Waals surface area contributed by atoms with Crippen molar-refractivity contribution >= 4 is 23.7 Å². The number of likely N-dealkylation sites (N-methyl/N-ethyl adjacent to an activating group) is 1. The van der Waals surface area contributed by atoms with Crippen LogP contribution >= 0.6 is 0 Å². The van der Waals surface area contributed by atoms with Crippen molar-refractivity contribution in [2.45, 2.75) is 46.6 Å². The summed E-state index contributed by atoms with van der Waals surface area (Å²) in [7, 11) is 1.56. The van der Waals surface area contributed by atoms with E-state index in [-0.39, 0.29) is 42.1 Å². The third kappa shape index (κ3) is 6.80. The molecule has 2 atom stereocenters. The maximum absolute atomic E-state index is 13.1. The zero-order valence-corrected chi connectivity index (χ0v) is 19.7. The molecule has 176 valence electrons. The van der Waals surface area contributed by atoms with E-state index in [1.807, 2.05) is 26.8 Å². The summed E-state index contributed by atoms with van der Waals surface area (Å²) in [5.74, 6) is -1.64. The molecule has 1 N–H and O–H groups in total. The molecule has 3 amide bonds. The Kier molecular flexibility index (Phi) is 9.23. The highest BCUT2D eigenvalue weighted by molar-refractivity contribution is 5.98. The first kappa shape index (κ1) is 25.4. The minimum absolute atomic E-state index is 0.113. The molecular weight excluding hydrogens is 410 g/mol. The van der Waals surface area contributed by atoms with Gasteiger partial charge in [-0.2, -0.15) is 0 Å². The van der Waals surface area contributed by atoms with Crippen LogP contribution < -0.4 is 5.32 Å². The summed E-state index contributed by atoms with van der Waals surface area (Å²) in [6.45, 7) is 8.41. The van der Waals surface area contributed by atoms with E-state index in [9.17, 15) is 19.2 Å². The molecule has 0 saturated carbocycles. The number of benzene rings is 1. The summed E-state index contributed by atoms with van der Waals surface area (Å²) >= 11 is 0. The van der Waals surface area contributed by atoms with E-state index in [0.717, 1.165) is 5.56 Å². The number of hydrogen-bond acceptors (Lipinski definition) is 5. The quantitative estimate of drug-likeness (QED) is 0.618. The number of nitrogens with one attached hydrogen (secondary N) is 1. The predicted molar refractivity (Wildman–Crippen MR) is 121 cm³/mol. The highest BCUT2D eigenvalue weighted by atomic mass is 16.5. The molecule has 1 fully saturated rings. The molecule has 0 spiro atoms. The maximum atomic E-state index is 13.1. The van der Waals surface area contributed by atoms with Gasteiger partial charge < -0.3 is 19.9 Å². The van der Waals surface area contributed by atoms with Crippen molar-refractivity contribution in [1.29, 1.82) is 0 Å². The van der Waals surface area contributed by atoms with E-state index in [1.54, 1.807) is 37.1 Å². The number of amides is 3. The van der Waals surface area contributed by atoms with Gasteiger partial charge in [0.05, 0.1) is 19.1 Å². The van der Waals surface area contributed by atoms with Gasteiger partial charge in [0.1, 0.15) is 6.04 Å². The Morgan fingerprint density at radius 1 is 1.25 bits per heavy atom. The molecule has 1 aliphatic rings. The standard InChI is InChI=1S/C24H35N3O5/c1-6-32-24(31)19-11-8-12-27(14-19)20(28)15-26(5)23(30)21(16(2)3)25-22(29)18-10-7-9-17(4)13-18/h7,9-10,13,16,19,21H,6,8,11-12,14-15H2,1-5H3,(H,25,29). The monoisotopic (exact) mass is 445 g/mol. The summed E-state index contributed by atoms with van der Waals surface area (Å²) in [4.78, 5) is 53.5. The van der Waals surface area contributed by atoms with Crippen LogP contribution in [0.25, 0.3) is 0 Å². The minimum Gasteiger partial charge on any atom is -0.466 e. The molecule has 2 rings (SSSR count). The number of carbonyl (C=O) groups excluding carboxylic acids is 4. The topological polar surface area (TPSA) is 96.0 Å². The zero-order valence-electron chi connectivity index (χ0n) is 19.7. The van der Waals surface area contributed by atoms with Crippen LogP contribution in [0.15, 0.2) is 24.3 Å². The van der Waals surface area contributed by atoms with Crippen LogP contribution in [0.3, 0.4) is 0 Å². The first-order chi connectivity index (χ1) is 15.1. The third-order valence-electron chi connectivity index (χ3n) is 5.64. The fourth-order valence-corrected chi connectivity index (χ4v) is 3.80. The van der Waals surface area contributed by atoms with Crippen LogP contribution in [0.4, 0.5) is 0 Å². The number of likely N-dealkylation sites (tertiary alicyclic amines) is 1. The molecule has 1 aromatic carbocycles. The van der Waals surface area contributed by atoms with Crippen LogP contribution in [0.5, 0.6) is 0 Å². The van der Waals surface area contributed by atoms with Gasteiger partial charge in [-0.3, -0.25) is 19.2 Å². The highest BCUT2D eigenvalue weighted by Gasteiger charge is 2.32. The summed E-state index contributed by atoms with van der Waals surface area (Å²) in [6, 6.07) is 6.40. The lowest BCUT2D eigenvalue weighted by Gasteiger charge is -2.33. The van der Waals surface area contributed by atoms with Crippen molar-refractivity contribution in [1.82, 2.24) is 15.1 Å². The van der Waals surface area contributed by atoms with Gasteiger partial charge in [0.15, 0.2) is 0 Å². The normalized spacial score (nSPS) is 16.9. The Hall–Kier alpha value is -2.90. The van der Waals surface area contributed by atoms with Gasteiger partial charge in [0.25, 0.3) is 5.91 Å².